The third-order valence-corrected chi connectivity index (χ3v) is 5.22. The number of rotatable bonds is 4. The predicted octanol–water partition coefficient (Wildman–Crippen LogP) is 5.11. The van der Waals surface area contributed by atoms with E-state index in [0.29, 0.717) is 4.88 Å². The lowest BCUT2D eigenvalue weighted by molar-refractivity contribution is 0.0702. The highest BCUT2D eigenvalue weighted by Crippen LogP contribution is 2.34. The van der Waals surface area contributed by atoms with Crippen LogP contribution < -0.4 is 0 Å². The average molecular weight is 288 g/mol. The van der Waals surface area contributed by atoms with E-state index in [1.807, 2.05) is 6.92 Å². The van der Waals surface area contributed by atoms with Gasteiger partial charge in [0.05, 0.1) is 0 Å². The van der Waals surface area contributed by atoms with E-state index < -0.39 is 5.97 Å². The van der Waals surface area contributed by atoms with Gasteiger partial charge in [-0.2, -0.15) is 0 Å². The molecule has 0 atom stereocenters. The van der Waals surface area contributed by atoms with Crippen LogP contribution in [0.25, 0.3) is 10.4 Å². The lowest BCUT2D eigenvalue weighted by Crippen LogP contribution is -2.14. The average Bonchev–Trinajstić information content (AvgIpc) is 2.81. The summed E-state index contributed by atoms with van der Waals surface area (Å²) in [5.41, 5.74) is 3.61. The van der Waals surface area contributed by atoms with Crippen LogP contribution in [0.15, 0.2) is 30.3 Å². The van der Waals surface area contributed by atoms with Gasteiger partial charge in [0.15, 0.2) is 0 Å². The molecule has 1 heterocycles. The Labute approximate surface area is 124 Å². The minimum Gasteiger partial charge on any atom is -0.477 e. The van der Waals surface area contributed by atoms with Gasteiger partial charge in [-0.1, -0.05) is 45.0 Å². The number of aryl methyl sites for hydroxylation is 1. The molecule has 20 heavy (non-hydrogen) atoms. The molecule has 0 saturated heterocycles. The Morgan fingerprint density at radius 1 is 1.25 bits per heavy atom. The van der Waals surface area contributed by atoms with Crippen molar-refractivity contribution in [2.24, 2.45) is 0 Å². The molecule has 1 aromatic heterocycles. The summed E-state index contributed by atoms with van der Waals surface area (Å²) in [5.74, 6) is -0.854. The Bertz CT molecular complexity index is 621. The second-order valence-electron chi connectivity index (χ2n) is 5.74. The fraction of sp³-hybridized carbons (Fsp3) is 0.353. The van der Waals surface area contributed by atoms with E-state index in [9.17, 15) is 4.79 Å². The fourth-order valence-corrected chi connectivity index (χ4v) is 3.17. The van der Waals surface area contributed by atoms with Gasteiger partial charge in [0, 0.05) is 4.88 Å². The SMILES string of the molecule is CCC(C)(C)c1ccc(-c2sc(C(=O)O)cc2C)cc1. The van der Waals surface area contributed by atoms with Crippen molar-refractivity contribution in [2.45, 2.75) is 39.5 Å². The Morgan fingerprint density at radius 3 is 2.30 bits per heavy atom. The van der Waals surface area contributed by atoms with E-state index in [1.54, 1.807) is 6.07 Å². The third-order valence-electron chi connectivity index (χ3n) is 3.94. The van der Waals surface area contributed by atoms with Crippen LogP contribution in [0.1, 0.15) is 48.0 Å². The van der Waals surface area contributed by atoms with Crippen molar-refractivity contribution in [3.8, 4) is 10.4 Å². The lowest BCUT2D eigenvalue weighted by Gasteiger charge is -2.23. The number of thiophene rings is 1. The van der Waals surface area contributed by atoms with E-state index in [-0.39, 0.29) is 5.41 Å². The zero-order valence-corrected chi connectivity index (χ0v) is 13.2. The fourth-order valence-electron chi connectivity index (χ4n) is 2.15. The Hall–Kier alpha value is -1.61. The van der Waals surface area contributed by atoms with Crippen molar-refractivity contribution in [1.29, 1.82) is 0 Å². The zero-order chi connectivity index (χ0) is 14.9. The molecule has 0 fully saturated rings. The molecular weight excluding hydrogens is 268 g/mol. The second kappa shape index (κ2) is 5.41. The molecule has 0 unspecified atom stereocenters. The van der Waals surface area contributed by atoms with Crippen molar-refractivity contribution >= 4 is 17.3 Å². The molecule has 0 aliphatic rings. The molecular formula is C17H20O2S. The van der Waals surface area contributed by atoms with Crippen molar-refractivity contribution in [2.75, 3.05) is 0 Å². The first-order valence-corrected chi connectivity index (χ1v) is 7.61. The Balaban J connectivity index is 2.38. The van der Waals surface area contributed by atoms with Crippen LogP contribution in [-0.2, 0) is 5.41 Å². The molecule has 1 aromatic carbocycles. The summed E-state index contributed by atoms with van der Waals surface area (Å²) in [7, 11) is 0. The molecule has 0 spiro atoms. The Morgan fingerprint density at radius 2 is 1.85 bits per heavy atom. The first-order valence-electron chi connectivity index (χ1n) is 6.80. The van der Waals surface area contributed by atoms with E-state index in [2.05, 4.69) is 45.0 Å². The number of aromatic carboxylic acids is 1. The van der Waals surface area contributed by atoms with Crippen LogP contribution in [0.4, 0.5) is 0 Å². The summed E-state index contributed by atoms with van der Waals surface area (Å²) in [6.45, 7) is 8.63. The van der Waals surface area contributed by atoms with Gasteiger partial charge in [0.1, 0.15) is 4.88 Å². The van der Waals surface area contributed by atoms with Gasteiger partial charge in [-0.25, -0.2) is 4.79 Å². The zero-order valence-electron chi connectivity index (χ0n) is 12.4. The minimum atomic E-state index is -0.854. The molecule has 3 heteroatoms. The van der Waals surface area contributed by atoms with Gasteiger partial charge in [-0.3, -0.25) is 0 Å². The number of hydrogen-bond donors (Lipinski definition) is 1. The van der Waals surface area contributed by atoms with Crippen LogP contribution in [0.5, 0.6) is 0 Å². The molecule has 0 saturated carbocycles. The minimum absolute atomic E-state index is 0.176. The van der Waals surface area contributed by atoms with Crippen molar-refractivity contribution in [1.82, 2.24) is 0 Å². The van der Waals surface area contributed by atoms with Gasteiger partial charge in [-0.05, 0) is 41.5 Å². The molecule has 0 aliphatic carbocycles. The first kappa shape index (κ1) is 14.8. The number of carbonyl (C=O) groups is 1. The summed E-state index contributed by atoms with van der Waals surface area (Å²) in [4.78, 5) is 12.5. The predicted molar refractivity (Wildman–Crippen MR) is 84.8 cm³/mol. The smallest absolute Gasteiger partial charge is 0.345 e. The number of carboxylic acids is 1. The van der Waals surface area contributed by atoms with Crippen LogP contribution >= 0.6 is 11.3 Å². The summed E-state index contributed by atoms with van der Waals surface area (Å²) >= 11 is 1.34. The highest BCUT2D eigenvalue weighted by molar-refractivity contribution is 7.17. The molecule has 2 rings (SSSR count). The summed E-state index contributed by atoms with van der Waals surface area (Å²) in [6, 6.07) is 10.2. The third kappa shape index (κ3) is 2.78. The van der Waals surface area contributed by atoms with Crippen LogP contribution in [-0.4, -0.2) is 11.1 Å². The molecule has 0 bridgehead atoms. The molecule has 106 valence electrons. The maximum absolute atomic E-state index is 11.0. The first-order chi connectivity index (χ1) is 9.35. The van der Waals surface area contributed by atoms with E-state index >= 15 is 0 Å². The molecule has 1 N–H and O–H groups in total. The van der Waals surface area contributed by atoms with Gasteiger partial charge in [0.25, 0.3) is 0 Å². The largest absolute Gasteiger partial charge is 0.477 e. The maximum atomic E-state index is 11.0. The lowest BCUT2D eigenvalue weighted by atomic mass is 9.82. The summed E-state index contributed by atoms with van der Waals surface area (Å²) in [5, 5.41) is 9.06. The van der Waals surface area contributed by atoms with Gasteiger partial charge < -0.3 is 5.11 Å². The van der Waals surface area contributed by atoms with Crippen molar-refractivity contribution in [3.05, 3.63) is 46.3 Å². The molecule has 0 amide bonds. The molecule has 0 radical (unpaired) electrons. The van der Waals surface area contributed by atoms with Gasteiger partial charge >= 0.3 is 5.97 Å². The van der Waals surface area contributed by atoms with E-state index in [1.165, 1.54) is 16.9 Å². The maximum Gasteiger partial charge on any atom is 0.345 e. The topological polar surface area (TPSA) is 37.3 Å². The monoisotopic (exact) mass is 288 g/mol. The molecule has 0 aliphatic heterocycles. The second-order valence-corrected chi connectivity index (χ2v) is 6.79. The summed E-state index contributed by atoms with van der Waals surface area (Å²) in [6.07, 6.45) is 1.09. The van der Waals surface area contributed by atoms with E-state index in [0.717, 1.165) is 22.4 Å². The normalized spacial score (nSPS) is 11.6. The number of benzene rings is 1. The van der Waals surface area contributed by atoms with Crippen LogP contribution in [0.3, 0.4) is 0 Å². The van der Waals surface area contributed by atoms with Crippen LogP contribution in [0, 0.1) is 6.92 Å². The molecule has 2 nitrogen and oxygen atoms in total. The highest BCUT2D eigenvalue weighted by Gasteiger charge is 2.18. The van der Waals surface area contributed by atoms with E-state index in [4.69, 9.17) is 5.11 Å². The quantitative estimate of drug-likeness (QED) is 0.849. The number of hydrogen-bond acceptors (Lipinski definition) is 2. The van der Waals surface area contributed by atoms with Crippen LogP contribution in [0.2, 0.25) is 0 Å². The number of carboxylic acid groups (broad SMARTS) is 1. The standard InChI is InChI=1S/C17H20O2S/c1-5-17(3,4)13-8-6-12(7-9-13)15-11(2)10-14(20-15)16(18)19/h6-10H,5H2,1-4H3,(H,18,19). The molecule has 2 aromatic rings. The summed E-state index contributed by atoms with van der Waals surface area (Å²) < 4.78 is 0. The Kier molecular flexibility index (Phi) is 4.00. The highest BCUT2D eigenvalue weighted by atomic mass is 32.1. The van der Waals surface area contributed by atoms with Crippen molar-refractivity contribution in [3.63, 3.8) is 0 Å². The van der Waals surface area contributed by atoms with Gasteiger partial charge in [0.2, 0.25) is 0 Å². The van der Waals surface area contributed by atoms with Crippen molar-refractivity contribution < 1.29 is 9.90 Å². The van der Waals surface area contributed by atoms with Gasteiger partial charge in [-0.15, -0.1) is 11.3 Å².